The van der Waals surface area contributed by atoms with Gasteiger partial charge < -0.3 is 10.0 Å². The molecule has 2 unspecified atom stereocenters. The van der Waals surface area contributed by atoms with E-state index in [1.54, 1.807) is 0 Å². The molecule has 2 rings (SSSR count). The first-order valence-electron chi connectivity index (χ1n) is 5.15. The first-order chi connectivity index (χ1) is 7.09. The molecule has 4 heteroatoms. The number of halogens is 1. The predicted octanol–water partition coefficient (Wildman–Crippen LogP) is 2.11. The van der Waals surface area contributed by atoms with Crippen LogP contribution in [0.2, 0.25) is 0 Å². The van der Waals surface area contributed by atoms with Crippen LogP contribution >= 0.6 is 15.9 Å². The smallest absolute Gasteiger partial charge is 0.143 e. The lowest BCUT2D eigenvalue weighted by molar-refractivity contribution is 0.195. The molecule has 2 heterocycles. The molecule has 0 spiro atoms. The van der Waals surface area contributed by atoms with E-state index in [2.05, 4.69) is 32.7 Å². The molecule has 0 bridgehead atoms. The van der Waals surface area contributed by atoms with Crippen molar-refractivity contribution in [2.75, 3.05) is 11.4 Å². The fourth-order valence-electron chi connectivity index (χ4n) is 2.02. The maximum atomic E-state index is 9.61. The van der Waals surface area contributed by atoms with Gasteiger partial charge in [-0.15, -0.1) is 0 Å². The monoisotopic (exact) mass is 270 g/mol. The van der Waals surface area contributed by atoms with E-state index in [9.17, 15) is 5.11 Å². The number of aliphatic hydroxyl groups excluding tert-OH is 1. The van der Waals surface area contributed by atoms with Crippen LogP contribution in [0.5, 0.6) is 0 Å². The molecule has 0 aliphatic carbocycles. The second kappa shape index (κ2) is 4.10. The van der Waals surface area contributed by atoms with Gasteiger partial charge in [0.2, 0.25) is 0 Å². The van der Waals surface area contributed by atoms with Crippen LogP contribution in [0.15, 0.2) is 16.7 Å². The summed E-state index contributed by atoms with van der Waals surface area (Å²) in [5.41, 5.74) is 1.17. The van der Waals surface area contributed by atoms with E-state index in [1.807, 2.05) is 19.2 Å². The Balaban J connectivity index is 2.33. The highest BCUT2D eigenvalue weighted by molar-refractivity contribution is 9.10. The minimum Gasteiger partial charge on any atom is -0.391 e. The summed E-state index contributed by atoms with van der Waals surface area (Å²) in [5.74, 6) is 0.944. The van der Waals surface area contributed by atoms with Crippen LogP contribution in [0.1, 0.15) is 18.9 Å². The van der Waals surface area contributed by atoms with Gasteiger partial charge in [-0.25, -0.2) is 4.98 Å². The second-order valence-corrected chi connectivity index (χ2v) is 4.95. The first-order valence-corrected chi connectivity index (χ1v) is 5.94. The van der Waals surface area contributed by atoms with Crippen molar-refractivity contribution in [2.24, 2.45) is 0 Å². The number of rotatable bonds is 1. The third-order valence-electron chi connectivity index (χ3n) is 2.89. The zero-order valence-electron chi connectivity index (χ0n) is 8.94. The lowest BCUT2D eigenvalue weighted by atomic mass is 10.2. The van der Waals surface area contributed by atoms with Gasteiger partial charge in [0.25, 0.3) is 0 Å². The number of anilines is 1. The number of aromatic nitrogens is 1. The lowest BCUT2D eigenvalue weighted by Gasteiger charge is -2.23. The van der Waals surface area contributed by atoms with Crippen LogP contribution in [0.4, 0.5) is 5.82 Å². The summed E-state index contributed by atoms with van der Waals surface area (Å²) in [7, 11) is 0. The van der Waals surface area contributed by atoms with Crippen LogP contribution in [0.3, 0.4) is 0 Å². The van der Waals surface area contributed by atoms with Crippen LogP contribution in [0.25, 0.3) is 0 Å². The van der Waals surface area contributed by atoms with Gasteiger partial charge in [-0.05, 0) is 47.8 Å². The Hall–Kier alpha value is -0.610. The van der Waals surface area contributed by atoms with Crippen LogP contribution in [-0.4, -0.2) is 28.8 Å². The molecule has 0 saturated carbocycles. The molecular weight excluding hydrogens is 256 g/mol. The van der Waals surface area contributed by atoms with Gasteiger partial charge in [0.05, 0.1) is 10.6 Å². The summed E-state index contributed by atoms with van der Waals surface area (Å²) in [6.07, 6.45) is 2.41. The molecule has 1 aromatic heterocycles. The van der Waals surface area contributed by atoms with Crippen molar-refractivity contribution < 1.29 is 5.11 Å². The van der Waals surface area contributed by atoms with Crippen LogP contribution in [-0.2, 0) is 0 Å². The summed E-state index contributed by atoms with van der Waals surface area (Å²) in [6.45, 7) is 4.84. The lowest BCUT2D eigenvalue weighted by Crippen LogP contribution is -2.28. The molecule has 3 nitrogen and oxygen atoms in total. The number of hydrogen-bond acceptors (Lipinski definition) is 3. The Morgan fingerprint density at radius 1 is 1.60 bits per heavy atom. The van der Waals surface area contributed by atoms with Crippen molar-refractivity contribution >= 4 is 21.7 Å². The van der Waals surface area contributed by atoms with Crippen molar-refractivity contribution in [1.82, 2.24) is 4.98 Å². The van der Waals surface area contributed by atoms with Gasteiger partial charge in [-0.3, -0.25) is 0 Å². The average molecular weight is 271 g/mol. The topological polar surface area (TPSA) is 36.4 Å². The quantitative estimate of drug-likeness (QED) is 0.849. The minimum atomic E-state index is -0.228. The van der Waals surface area contributed by atoms with E-state index in [1.165, 1.54) is 5.56 Å². The van der Waals surface area contributed by atoms with Crippen molar-refractivity contribution in [2.45, 2.75) is 32.4 Å². The largest absolute Gasteiger partial charge is 0.391 e. The van der Waals surface area contributed by atoms with Gasteiger partial charge in [0.15, 0.2) is 0 Å². The predicted molar refractivity (Wildman–Crippen MR) is 64.1 cm³/mol. The zero-order chi connectivity index (χ0) is 11.0. The van der Waals surface area contributed by atoms with E-state index >= 15 is 0 Å². The molecule has 0 amide bonds. The first kappa shape index (κ1) is 10.9. The molecule has 1 aliphatic heterocycles. The van der Waals surface area contributed by atoms with E-state index in [0.717, 1.165) is 16.7 Å². The SMILES string of the molecule is Cc1ccnc(N2CC(O)CC2C)c1Br. The van der Waals surface area contributed by atoms with Crippen molar-refractivity contribution in [3.8, 4) is 0 Å². The summed E-state index contributed by atoms with van der Waals surface area (Å²) in [5, 5.41) is 9.61. The van der Waals surface area contributed by atoms with E-state index < -0.39 is 0 Å². The van der Waals surface area contributed by atoms with E-state index in [0.29, 0.717) is 12.6 Å². The molecule has 2 atom stereocenters. The highest BCUT2D eigenvalue weighted by Gasteiger charge is 2.29. The molecular formula is C11H15BrN2O. The number of aliphatic hydroxyl groups is 1. The van der Waals surface area contributed by atoms with Crippen LogP contribution in [0, 0.1) is 6.92 Å². The maximum Gasteiger partial charge on any atom is 0.143 e. The standard InChI is InChI=1S/C11H15BrN2O/c1-7-3-4-13-11(10(7)12)14-6-9(15)5-8(14)2/h3-4,8-9,15H,5-6H2,1-2H3. The van der Waals surface area contributed by atoms with Gasteiger partial charge in [-0.1, -0.05) is 0 Å². The maximum absolute atomic E-state index is 9.61. The molecule has 1 aliphatic rings. The van der Waals surface area contributed by atoms with Gasteiger partial charge in [0.1, 0.15) is 5.82 Å². The van der Waals surface area contributed by atoms with Gasteiger partial charge in [0, 0.05) is 18.8 Å². The molecule has 0 aromatic carbocycles. The Morgan fingerprint density at radius 2 is 2.33 bits per heavy atom. The van der Waals surface area contributed by atoms with E-state index in [4.69, 9.17) is 0 Å². The average Bonchev–Trinajstić information content (AvgIpc) is 2.50. The number of hydrogen-bond donors (Lipinski definition) is 1. The number of nitrogens with zero attached hydrogens (tertiary/aromatic N) is 2. The third-order valence-corrected chi connectivity index (χ3v) is 3.87. The van der Waals surface area contributed by atoms with Crippen molar-refractivity contribution in [3.63, 3.8) is 0 Å². The van der Waals surface area contributed by atoms with E-state index in [-0.39, 0.29) is 6.10 Å². The zero-order valence-corrected chi connectivity index (χ0v) is 10.5. The molecule has 1 fully saturated rings. The third kappa shape index (κ3) is 2.01. The fourth-order valence-corrected chi connectivity index (χ4v) is 2.49. The number of aryl methyl sites for hydroxylation is 1. The fraction of sp³-hybridized carbons (Fsp3) is 0.545. The molecule has 1 N–H and O–H groups in total. The Kier molecular flexibility index (Phi) is 2.98. The highest BCUT2D eigenvalue weighted by atomic mass is 79.9. The Labute approximate surface area is 98.3 Å². The molecule has 1 aromatic rings. The number of β-amino-alcohol motifs (C(OH)–C–C–N with tert-alkyl or cyclic N) is 1. The Morgan fingerprint density at radius 3 is 2.93 bits per heavy atom. The van der Waals surface area contributed by atoms with Crippen LogP contribution < -0.4 is 4.90 Å². The molecule has 82 valence electrons. The summed E-state index contributed by atoms with van der Waals surface area (Å²) in [6, 6.07) is 2.33. The van der Waals surface area contributed by atoms with Crippen molar-refractivity contribution in [3.05, 3.63) is 22.3 Å². The van der Waals surface area contributed by atoms with Gasteiger partial charge in [-0.2, -0.15) is 0 Å². The molecule has 1 saturated heterocycles. The summed E-state index contributed by atoms with van der Waals surface area (Å²) >= 11 is 3.55. The molecule has 0 radical (unpaired) electrons. The highest BCUT2D eigenvalue weighted by Crippen LogP contribution is 2.31. The molecule has 15 heavy (non-hydrogen) atoms. The minimum absolute atomic E-state index is 0.228. The number of pyridine rings is 1. The van der Waals surface area contributed by atoms with Gasteiger partial charge >= 0.3 is 0 Å². The normalized spacial score (nSPS) is 26.0. The summed E-state index contributed by atoms with van der Waals surface area (Å²) < 4.78 is 1.03. The van der Waals surface area contributed by atoms with Crippen molar-refractivity contribution in [1.29, 1.82) is 0 Å². The second-order valence-electron chi connectivity index (χ2n) is 4.16. The Bertz CT molecular complexity index is 370. The summed E-state index contributed by atoms with van der Waals surface area (Å²) in [4.78, 5) is 6.53.